The molecule has 0 aromatic rings. The van der Waals surface area contributed by atoms with Crippen LogP contribution in [-0.4, -0.2) is 36.1 Å². The average molecular weight is 238 g/mol. The van der Waals surface area contributed by atoms with E-state index in [1.807, 2.05) is 13.8 Å². The highest BCUT2D eigenvalue weighted by molar-refractivity contribution is 6.05. The van der Waals surface area contributed by atoms with Crippen molar-refractivity contribution in [2.45, 2.75) is 52.6 Å². The van der Waals surface area contributed by atoms with Gasteiger partial charge in [-0.25, -0.2) is 9.98 Å². The molecule has 0 saturated carbocycles. The Morgan fingerprint density at radius 1 is 0.882 bits per heavy atom. The zero-order valence-corrected chi connectivity index (χ0v) is 11.6. The largest absolute Gasteiger partial charge is 0.478 e. The van der Waals surface area contributed by atoms with Crippen molar-refractivity contribution < 1.29 is 9.47 Å². The van der Waals surface area contributed by atoms with Gasteiger partial charge in [0.15, 0.2) is 11.8 Å². The van der Waals surface area contributed by atoms with Gasteiger partial charge in [-0.1, -0.05) is 0 Å². The summed E-state index contributed by atoms with van der Waals surface area (Å²) in [5.41, 5.74) is -0.649. The van der Waals surface area contributed by atoms with Gasteiger partial charge in [0.1, 0.15) is 18.6 Å². The molecule has 0 fully saturated rings. The first-order valence-corrected chi connectivity index (χ1v) is 6.09. The van der Waals surface area contributed by atoms with Gasteiger partial charge in [-0.2, -0.15) is 0 Å². The molecule has 4 heteroatoms. The Morgan fingerprint density at radius 3 is 1.47 bits per heavy atom. The lowest BCUT2D eigenvalue weighted by molar-refractivity contribution is 0.239. The normalized spacial score (nSPS) is 26.0. The second-order valence-electron chi connectivity index (χ2n) is 6.66. The second-order valence-corrected chi connectivity index (χ2v) is 6.66. The molecular formula is C13H22N2O2. The lowest BCUT2D eigenvalue weighted by Gasteiger charge is -2.22. The smallest absolute Gasteiger partial charge is 0.199 e. The third-order valence-electron chi connectivity index (χ3n) is 3.00. The van der Waals surface area contributed by atoms with Gasteiger partial charge in [0, 0.05) is 0 Å². The summed E-state index contributed by atoms with van der Waals surface area (Å²) in [5.74, 6) is 1.47. The summed E-state index contributed by atoms with van der Waals surface area (Å²) in [6.45, 7) is 13.6. The fraction of sp³-hybridized carbons (Fsp3) is 0.846. The Morgan fingerprint density at radius 2 is 1.24 bits per heavy atom. The first-order valence-electron chi connectivity index (χ1n) is 6.09. The van der Waals surface area contributed by atoms with Gasteiger partial charge < -0.3 is 9.47 Å². The van der Waals surface area contributed by atoms with Gasteiger partial charge in [0.05, 0.1) is 11.1 Å². The number of rotatable bonds is 2. The molecule has 4 nitrogen and oxygen atoms in total. The highest BCUT2D eigenvalue weighted by Gasteiger charge is 2.44. The minimum Gasteiger partial charge on any atom is -0.478 e. The number of nitrogens with zero attached hydrogens (tertiary/aromatic N) is 2. The summed E-state index contributed by atoms with van der Waals surface area (Å²) < 4.78 is 11.4. The lowest BCUT2D eigenvalue weighted by Crippen LogP contribution is -2.34. The third kappa shape index (κ3) is 2.31. The zero-order chi connectivity index (χ0) is 12.9. The summed E-state index contributed by atoms with van der Waals surface area (Å²) in [6, 6.07) is 0. The summed E-state index contributed by atoms with van der Waals surface area (Å²) in [7, 11) is 0. The third-order valence-corrected chi connectivity index (χ3v) is 3.00. The van der Waals surface area contributed by atoms with Crippen molar-refractivity contribution in [2.75, 3.05) is 13.2 Å². The SMILES string of the molecule is CC1(C)COC(C(C)(C)C2=NC(C)(C)CO2)=N1. The molecule has 0 amide bonds. The number of aliphatic imine (C=N–C) groups is 2. The first kappa shape index (κ1) is 12.4. The monoisotopic (exact) mass is 238 g/mol. The van der Waals surface area contributed by atoms with Gasteiger partial charge in [-0.05, 0) is 41.5 Å². The van der Waals surface area contributed by atoms with E-state index < -0.39 is 0 Å². The molecule has 17 heavy (non-hydrogen) atoms. The predicted molar refractivity (Wildman–Crippen MR) is 68.7 cm³/mol. The molecular weight excluding hydrogens is 216 g/mol. The standard InChI is InChI=1S/C13H22N2O2/c1-11(2)7-16-9(14-11)13(5,6)10-15-12(3,4)8-17-10/h7-8H2,1-6H3. The molecule has 0 aromatic heterocycles. The van der Waals surface area contributed by atoms with Crippen molar-refractivity contribution in [1.82, 2.24) is 0 Å². The molecule has 0 atom stereocenters. The molecule has 2 heterocycles. The number of hydrogen-bond donors (Lipinski definition) is 0. The van der Waals surface area contributed by atoms with E-state index in [2.05, 4.69) is 37.7 Å². The lowest BCUT2D eigenvalue weighted by atomic mass is 9.92. The van der Waals surface area contributed by atoms with E-state index in [-0.39, 0.29) is 16.5 Å². The summed E-state index contributed by atoms with van der Waals surface area (Å²) in [5, 5.41) is 0. The van der Waals surface area contributed by atoms with Crippen molar-refractivity contribution in [3.05, 3.63) is 0 Å². The van der Waals surface area contributed by atoms with Gasteiger partial charge in [-0.3, -0.25) is 0 Å². The molecule has 2 rings (SSSR count). The highest BCUT2D eigenvalue weighted by atomic mass is 16.5. The topological polar surface area (TPSA) is 43.2 Å². The van der Waals surface area contributed by atoms with E-state index in [1.165, 1.54) is 0 Å². The minimum atomic E-state index is -0.373. The zero-order valence-electron chi connectivity index (χ0n) is 11.6. The Labute approximate surface area is 103 Å². The van der Waals surface area contributed by atoms with Crippen LogP contribution in [0.5, 0.6) is 0 Å². The van der Waals surface area contributed by atoms with Gasteiger partial charge in [-0.15, -0.1) is 0 Å². The molecule has 2 aliphatic heterocycles. The fourth-order valence-corrected chi connectivity index (χ4v) is 1.90. The summed E-state index contributed by atoms with van der Waals surface area (Å²) in [6.07, 6.45) is 0. The first-order chi connectivity index (χ1) is 7.62. The van der Waals surface area contributed by atoms with Crippen LogP contribution in [0.4, 0.5) is 0 Å². The Bertz CT molecular complexity index is 356. The summed E-state index contributed by atoms with van der Waals surface area (Å²) >= 11 is 0. The van der Waals surface area contributed by atoms with Gasteiger partial charge >= 0.3 is 0 Å². The van der Waals surface area contributed by atoms with Crippen molar-refractivity contribution in [2.24, 2.45) is 15.4 Å². The van der Waals surface area contributed by atoms with Crippen LogP contribution < -0.4 is 0 Å². The van der Waals surface area contributed by atoms with Crippen LogP contribution >= 0.6 is 0 Å². The van der Waals surface area contributed by atoms with Crippen LogP contribution in [0.1, 0.15) is 41.5 Å². The Balaban J connectivity index is 2.27. The molecule has 0 aromatic carbocycles. The van der Waals surface area contributed by atoms with Gasteiger partial charge in [0.2, 0.25) is 0 Å². The van der Waals surface area contributed by atoms with E-state index in [0.29, 0.717) is 13.2 Å². The molecule has 2 aliphatic rings. The van der Waals surface area contributed by atoms with Crippen LogP contribution in [0.15, 0.2) is 9.98 Å². The maximum absolute atomic E-state index is 5.70. The molecule has 0 bridgehead atoms. The number of ether oxygens (including phenoxy) is 2. The molecule has 0 unspecified atom stereocenters. The molecule has 0 N–H and O–H groups in total. The van der Waals surface area contributed by atoms with E-state index in [1.54, 1.807) is 0 Å². The van der Waals surface area contributed by atoms with Crippen LogP contribution in [0, 0.1) is 5.41 Å². The predicted octanol–water partition coefficient (Wildman–Crippen LogP) is 2.43. The van der Waals surface area contributed by atoms with Crippen LogP contribution in [0.2, 0.25) is 0 Å². The van der Waals surface area contributed by atoms with Crippen molar-refractivity contribution in [3.8, 4) is 0 Å². The Hall–Kier alpha value is -1.06. The maximum atomic E-state index is 5.70. The van der Waals surface area contributed by atoms with Gasteiger partial charge in [0.25, 0.3) is 0 Å². The average Bonchev–Trinajstić information content (AvgIpc) is 2.69. The second kappa shape index (κ2) is 3.47. The molecule has 0 aliphatic carbocycles. The minimum absolute atomic E-state index is 0.138. The molecule has 96 valence electrons. The fourth-order valence-electron chi connectivity index (χ4n) is 1.90. The number of hydrogen-bond acceptors (Lipinski definition) is 4. The van der Waals surface area contributed by atoms with Crippen molar-refractivity contribution >= 4 is 11.8 Å². The molecule has 0 saturated heterocycles. The van der Waals surface area contributed by atoms with E-state index in [9.17, 15) is 0 Å². The quantitative estimate of drug-likeness (QED) is 0.741. The van der Waals surface area contributed by atoms with Crippen LogP contribution in [0.3, 0.4) is 0 Å². The Kier molecular flexibility index (Phi) is 2.53. The summed E-state index contributed by atoms with van der Waals surface area (Å²) in [4.78, 5) is 9.24. The van der Waals surface area contributed by atoms with Crippen molar-refractivity contribution in [1.29, 1.82) is 0 Å². The van der Waals surface area contributed by atoms with E-state index >= 15 is 0 Å². The maximum Gasteiger partial charge on any atom is 0.199 e. The van der Waals surface area contributed by atoms with Crippen LogP contribution in [0.25, 0.3) is 0 Å². The molecule has 0 spiro atoms. The molecule has 0 radical (unpaired) electrons. The highest BCUT2D eigenvalue weighted by Crippen LogP contribution is 2.33. The van der Waals surface area contributed by atoms with Crippen LogP contribution in [-0.2, 0) is 9.47 Å². The van der Waals surface area contributed by atoms with Crippen molar-refractivity contribution in [3.63, 3.8) is 0 Å². The van der Waals surface area contributed by atoms with E-state index in [4.69, 9.17) is 9.47 Å². The van der Waals surface area contributed by atoms with E-state index in [0.717, 1.165) is 11.8 Å².